The van der Waals surface area contributed by atoms with Gasteiger partial charge in [0.2, 0.25) is 0 Å². The summed E-state index contributed by atoms with van der Waals surface area (Å²) in [7, 11) is 4.13. The van der Waals surface area contributed by atoms with E-state index < -0.39 is 0 Å². The summed E-state index contributed by atoms with van der Waals surface area (Å²) in [6, 6.07) is 0.680. The lowest BCUT2D eigenvalue weighted by atomic mass is 9.82. The third kappa shape index (κ3) is 2.38. The number of aliphatic hydroxyl groups excluding tert-OH is 1. The summed E-state index contributed by atoms with van der Waals surface area (Å²) in [5.41, 5.74) is 2.51. The van der Waals surface area contributed by atoms with Crippen LogP contribution in [0.15, 0.2) is 35.3 Å². The third-order valence-corrected chi connectivity index (χ3v) is 4.47. The zero-order valence-electron chi connectivity index (χ0n) is 12.3. The molecule has 3 aliphatic rings. The zero-order chi connectivity index (χ0) is 14.1. The predicted molar refractivity (Wildman–Crippen MR) is 79.0 cm³/mol. The van der Waals surface area contributed by atoms with E-state index in [1.807, 2.05) is 0 Å². The first-order valence-electron chi connectivity index (χ1n) is 7.51. The van der Waals surface area contributed by atoms with Crippen molar-refractivity contribution < 1.29 is 9.84 Å². The van der Waals surface area contributed by atoms with Crippen molar-refractivity contribution in [2.45, 2.75) is 31.3 Å². The van der Waals surface area contributed by atoms with Crippen LogP contribution in [0.25, 0.3) is 0 Å². The van der Waals surface area contributed by atoms with Crippen molar-refractivity contribution in [3.05, 3.63) is 35.3 Å². The minimum Gasteiger partial charge on any atom is -0.497 e. The molecule has 0 radical (unpaired) electrons. The summed E-state index contributed by atoms with van der Waals surface area (Å²) >= 11 is 0. The molecule has 4 heteroatoms. The number of nitrogens with zero attached hydrogens (tertiary/aromatic N) is 1. The van der Waals surface area contributed by atoms with Gasteiger partial charge in [-0.2, -0.15) is 0 Å². The number of nitrogens with one attached hydrogen (secondary N) is 1. The van der Waals surface area contributed by atoms with Crippen molar-refractivity contribution in [3.8, 4) is 0 Å². The molecule has 0 aromatic heterocycles. The molecule has 3 atom stereocenters. The Morgan fingerprint density at radius 3 is 3.05 bits per heavy atom. The van der Waals surface area contributed by atoms with Crippen LogP contribution in [0.1, 0.15) is 19.3 Å². The third-order valence-electron chi connectivity index (χ3n) is 4.47. The fourth-order valence-electron chi connectivity index (χ4n) is 3.40. The van der Waals surface area contributed by atoms with E-state index in [9.17, 15) is 0 Å². The van der Waals surface area contributed by atoms with E-state index in [1.165, 1.54) is 17.0 Å². The highest BCUT2D eigenvalue weighted by molar-refractivity contribution is 5.45. The maximum atomic E-state index is 9.07. The van der Waals surface area contributed by atoms with Crippen molar-refractivity contribution in [2.24, 2.45) is 5.92 Å². The van der Waals surface area contributed by atoms with Gasteiger partial charge in [-0.05, 0) is 31.4 Å². The minimum absolute atomic E-state index is 0.256. The number of fused-ring (bicyclic) bond motifs is 2. The first-order chi connectivity index (χ1) is 9.70. The fourth-order valence-corrected chi connectivity index (χ4v) is 3.40. The van der Waals surface area contributed by atoms with Crippen LogP contribution in [0.4, 0.5) is 0 Å². The van der Waals surface area contributed by atoms with Crippen molar-refractivity contribution in [3.63, 3.8) is 0 Å². The molecule has 2 N–H and O–H groups in total. The molecule has 4 nitrogen and oxygen atoms in total. The van der Waals surface area contributed by atoms with Crippen LogP contribution in [-0.2, 0) is 4.74 Å². The molecular weight excluding hydrogens is 252 g/mol. The highest BCUT2D eigenvalue weighted by Crippen LogP contribution is 2.39. The van der Waals surface area contributed by atoms with Crippen molar-refractivity contribution in [1.29, 1.82) is 0 Å². The summed E-state index contributed by atoms with van der Waals surface area (Å²) in [6.45, 7) is 1.09. The van der Waals surface area contributed by atoms with E-state index in [4.69, 9.17) is 9.84 Å². The van der Waals surface area contributed by atoms with Gasteiger partial charge in [0.15, 0.2) is 0 Å². The molecule has 110 valence electrons. The van der Waals surface area contributed by atoms with Crippen LogP contribution >= 0.6 is 0 Å². The number of aliphatic hydroxyl groups is 1. The summed E-state index contributed by atoms with van der Waals surface area (Å²) in [4.78, 5) is 2.13. The standard InChI is InChI=1S/C16H24N2O2/c1-18(2)11-5-6-15-13(10-11)16-12(7-9-20-16)14(17-15)4-3-8-19/h5-6,10,12,14-15,17,19H,3-4,7-9H2,1-2H3. The Morgan fingerprint density at radius 1 is 1.45 bits per heavy atom. The Kier molecular flexibility index (Phi) is 3.85. The highest BCUT2D eigenvalue weighted by Gasteiger charge is 2.39. The second-order valence-electron chi connectivity index (χ2n) is 6.00. The Morgan fingerprint density at radius 2 is 2.30 bits per heavy atom. The normalized spacial score (nSPS) is 31.6. The zero-order valence-corrected chi connectivity index (χ0v) is 12.3. The summed E-state index contributed by atoms with van der Waals surface area (Å²) in [5, 5.41) is 12.8. The van der Waals surface area contributed by atoms with E-state index >= 15 is 0 Å². The van der Waals surface area contributed by atoms with E-state index in [0.29, 0.717) is 12.0 Å². The van der Waals surface area contributed by atoms with Crippen LogP contribution in [0.2, 0.25) is 0 Å². The molecule has 2 heterocycles. The number of ether oxygens (including phenoxy) is 1. The first kappa shape index (κ1) is 13.7. The quantitative estimate of drug-likeness (QED) is 0.815. The van der Waals surface area contributed by atoms with Crippen LogP contribution in [0.3, 0.4) is 0 Å². The van der Waals surface area contributed by atoms with Gasteiger partial charge in [0.1, 0.15) is 5.76 Å². The molecule has 3 rings (SSSR count). The molecule has 0 saturated carbocycles. The number of allylic oxidation sites excluding steroid dienone is 1. The summed E-state index contributed by atoms with van der Waals surface area (Å²) < 4.78 is 5.94. The Bertz CT molecular complexity index is 465. The topological polar surface area (TPSA) is 44.7 Å². The molecule has 0 aromatic rings. The van der Waals surface area contributed by atoms with Gasteiger partial charge in [0.25, 0.3) is 0 Å². The highest BCUT2D eigenvalue weighted by atomic mass is 16.5. The van der Waals surface area contributed by atoms with Crippen molar-refractivity contribution >= 4 is 0 Å². The Hall–Kier alpha value is -1.26. The Labute approximate surface area is 120 Å². The molecule has 1 aliphatic carbocycles. The van der Waals surface area contributed by atoms with E-state index in [2.05, 4.69) is 42.5 Å². The van der Waals surface area contributed by atoms with E-state index in [-0.39, 0.29) is 12.6 Å². The molecule has 3 unspecified atom stereocenters. The molecule has 1 fully saturated rings. The van der Waals surface area contributed by atoms with Gasteiger partial charge in [0.05, 0.1) is 12.6 Å². The fraction of sp³-hybridized carbons (Fsp3) is 0.625. The van der Waals surface area contributed by atoms with Gasteiger partial charge < -0.3 is 20.1 Å². The lowest BCUT2D eigenvalue weighted by molar-refractivity contribution is 0.224. The van der Waals surface area contributed by atoms with Crippen LogP contribution in [-0.4, -0.2) is 49.4 Å². The molecule has 0 aromatic carbocycles. The predicted octanol–water partition coefficient (Wildman–Crippen LogP) is 1.41. The monoisotopic (exact) mass is 276 g/mol. The molecule has 0 spiro atoms. The van der Waals surface area contributed by atoms with Gasteiger partial charge in [-0.15, -0.1) is 0 Å². The maximum Gasteiger partial charge on any atom is 0.106 e. The number of likely N-dealkylation sites (N-methyl/N-ethyl adjacent to an activating group) is 1. The van der Waals surface area contributed by atoms with E-state index in [1.54, 1.807) is 0 Å². The minimum atomic E-state index is 0.256. The maximum absolute atomic E-state index is 9.07. The second kappa shape index (κ2) is 5.62. The SMILES string of the molecule is CN(C)C1=CC2=C3OCCC3C(CCCO)NC2C=C1. The average molecular weight is 276 g/mol. The molecule has 0 bridgehead atoms. The Balaban J connectivity index is 1.89. The molecule has 20 heavy (non-hydrogen) atoms. The van der Waals surface area contributed by atoms with Gasteiger partial charge >= 0.3 is 0 Å². The smallest absolute Gasteiger partial charge is 0.106 e. The van der Waals surface area contributed by atoms with Crippen LogP contribution in [0.5, 0.6) is 0 Å². The lowest BCUT2D eigenvalue weighted by Crippen LogP contribution is -2.48. The molecule has 0 amide bonds. The molecule has 2 aliphatic heterocycles. The van der Waals surface area contributed by atoms with Gasteiger partial charge in [-0.25, -0.2) is 0 Å². The number of hydrogen-bond donors (Lipinski definition) is 2. The largest absolute Gasteiger partial charge is 0.497 e. The molecule has 1 saturated heterocycles. The lowest BCUT2D eigenvalue weighted by Gasteiger charge is -2.37. The van der Waals surface area contributed by atoms with Crippen LogP contribution < -0.4 is 5.32 Å². The van der Waals surface area contributed by atoms with Gasteiger partial charge in [-0.3, -0.25) is 0 Å². The summed E-state index contributed by atoms with van der Waals surface area (Å²) in [5.74, 6) is 1.65. The molecular formula is C16H24N2O2. The number of hydrogen-bond acceptors (Lipinski definition) is 4. The summed E-state index contributed by atoms with van der Waals surface area (Å²) in [6.07, 6.45) is 9.58. The van der Waals surface area contributed by atoms with Gasteiger partial charge in [-0.1, -0.05) is 6.08 Å². The van der Waals surface area contributed by atoms with Crippen LogP contribution in [0, 0.1) is 5.92 Å². The van der Waals surface area contributed by atoms with Crippen molar-refractivity contribution in [1.82, 2.24) is 10.2 Å². The van der Waals surface area contributed by atoms with Gasteiger partial charge in [0, 0.05) is 43.9 Å². The first-order valence-corrected chi connectivity index (χ1v) is 7.51. The number of rotatable bonds is 4. The van der Waals surface area contributed by atoms with Crippen molar-refractivity contribution in [2.75, 3.05) is 27.3 Å². The van der Waals surface area contributed by atoms with E-state index in [0.717, 1.165) is 25.9 Å². The average Bonchev–Trinajstić information content (AvgIpc) is 2.94. The second-order valence-corrected chi connectivity index (χ2v) is 6.00.